The quantitative estimate of drug-likeness (QED) is 0.840. The van der Waals surface area contributed by atoms with E-state index in [2.05, 4.69) is 5.10 Å². The third-order valence-electron chi connectivity index (χ3n) is 3.87. The van der Waals surface area contributed by atoms with E-state index in [1.165, 1.54) is 17.1 Å². The molecule has 0 saturated carbocycles. The van der Waals surface area contributed by atoms with Gasteiger partial charge in [0.05, 0.1) is 25.0 Å². The molecule has 8 heteroatoms. The second-order valence-corrected chi connectivity index (χ2v) is 5.22. The highest BCUT2D eigenvalue weighted by atomic mass is 16.7. The first-order valence-corrected chi connectivity index (χ1v) is 6.89. The molecule has 8 nitrogen and oxygen atoms in total. The van der Waals surface area contributed by atoms with Crippen molar-refractivity contribution < 1.29 is 24.2 Å². The number of piperidine rings is 1. The number of nitrogens with zero attached hydrogens (tertiary/aromatic N) is 3. The summed E-state index contributed by atoms with van der Waals surface area (Å²) < 4.78 is 12.6. The van der Waals surface area contributed by atoms with E-state index in [1.54, 1.807) is 4.90 Å². The zero-order chi connectivity index (χ0) is 14.9. The van der Waals surface area contributed by atoms with E-state index in [0.29, 0.717) is 39.1 Å². The van der Waals surface area contributed by atoms with Crippen LogP contribution in [0.5, 0.6) is 0 Å². The van der Waals surface area contributed by atoms with Gasteiger partial charge in [-0.3, -0.25) is 9.48 Å². The number of carboxylic acids is 1. The molecular weight excluding hydrogens is 278 g/mol. The van der Waals surface area contributed by atoms with Gasteiger partial charge in [0.15, 0.2) is 5.79 Å². The zero-order valence-corrected chi connectivity index (χ0v) is 11.5. The molecule has 1 spiro atoms. The maximum atomic E-state index is 12.2. The second-order valence-electron chi connectivity index (χ2n) is 5.22. The molecule has 0 unspecified atom stereocenters. The molecule has 0 aliphatic carbocycles. The summed E-state index contributed by atoms with van der Waals surface area (Å²) in [5, 5.41) is 12.7. The molecule has 0 atom stereocenters. The highest BCUT2D eigenvalue weighted by Crippen LogP contribution is 2.31. The SMILES string of the molecule is O=C(O)c1cnn(CC(=O)N2CCC3(CC2)OCCO3)c1. The van der Waals surface area contributed by atoms with Crippen LogP contribution in [0.3, 0.4) is 0 Å². The smallest absolute Gasteiger partial charge is 0.338 e. The van der Waals surface area contributed by atoms with E-state index in [-0.39, 0.29) is 18.0 Å². The lowest BCUT2D eigenvalue weighted by molar-refractivity contribution is -0.187. The van der Waals surface area contributed by atoms with Crippen LogP contribution in [0.2, 0.25) is 0 Å². The maximum Gasteiger partial charge on any atom is 0.338 e. The Balaban J connectivity index is 1.55. The number of rotatable bonds is 3. The van der Waals surface area contributed by atoms with Crippen molar-refractivity contribution in [2.45, 2.75) is 25.2 Å². The third-order valence-corrected chi connectivity index (χ3v) is 3.87. The first-order valence-electron chi connectivity index (χ1n) is 6.89. The number of carbonyl (C=O) groups is 2. The normalized spacial score (nSPS) is 20.9. The summed E-state index contributed by atoms with van der Waals surface area (Å²) in [5.41, 5.74) is 0.0770. The molecule has 0 bridgehead atoms. The van der Waals surface area contributed by atoms with Crippen molar-refractivity contribution in [3.05, 3.63) is 18.0 Å². The Kier molecular flexibility index (Phi) is 3.64. The largest absolute Gasteiger partial charge is 0.478 e. The van der Waals surface area contributed by atoms with Crippen molar-refractivity contribution in [1.29, 1.82) is 0 Å². The van der Waals surface area contributed by atoms with Gasteiger partial charge in [0.1, 0.15) is 6.54 Å². The summed E-state index contributed by atoms with van der Waals surface area (Å²) in [4.78, 5) is 24.7. The summed E-state index contributed by atoms with van der Waals surface area (Å²) in [7, 11) is 0. The lowest BCUT2D eigenvalue weighted by Crippen LogP contribution is -2.48. The highest BCUT2D eigenvalue weighted by molar-refractivity contribution is 5.87. The molecule has 3 heterocycles. The predicted molar refractivity (Wildman–Crippen MR) is 69.6 cm³/mol. The number of amides is 1. The summed E-state index contributed by atoms with van der Waals surface area (Å²) in [6.45, 7) is 2.41. The second kappa shape index (κ2) is 5.45. The van der Waals surface area contributed by atoms with E-state index in [4.69, 9.17) is 14.6 Å². The average Bonchev–Trinajstić information content (AvgIpc) is 3.10. The van der Waals surface area contributed by atoms with E-state index in [9.17, 15) is 9.59 Å². The highest BCUT2D eigenvalue weighted by Gasteiger charge is 2.40. The molecule has 1 aromatic heterocycles. The Labute approximate surface area is 121 Å². The lowest BCUT2D eigenvalue weighted by Gasteiger charge is -2.37. The van der Waals surface area contributed by atoms with Gasteiger partial charge in [0, 0.05) is 32.1 Å². The summed E-state index contributed by atoms with van der Waals surface area (Å²) in [5.74, 6) is -1.63. The molecule has 0 radical (unpaired) electrons. The van der Waals surface area contributed by atoms with Crippen LogP contribution in [0, 0.1) is 0 Å². The number of hydrogen-bond acceptors (Lipinski definition) is 5. The summed E-state index contributed by atoms with van der Waals surface area (Å²) >= 11 is 0. The van der Waals surface area contributed by atoms with Crippen LogP contribution in [0.4, 0.5) is 0 Å². The monoisotopic (exact) mass is 295 g/mol. The molecule has 2 fully saturated rings. The molecule has 1 aromatic rings. The number of carbonyl (C=O) groups excluding carboxylic acids is 1. The molecular formula is C13H17N3O5. The van der Waals surface area contributed by atoms with E-state index in [1.807, 2.05) is 0 Å². The minimum atomic E-state index is -1.05. The van der Waals surface area contributed by atoms with Crippen molar-refractivity contribution in [1.82, 2.24) is 14.7 Å². The average molecular weight is 295 g/mol. The Bertz CT molecular complexity index is 540. The van der Waals surface area contributed by atoms with Crippen molar-refractivity contribution in [2.24, 2.45) is 0 Å². The van der Waals surface area contributed by atoms with Crippen LogP contribution < -0.4 is 0 Å². The molecule has 1 amide bonds. The number of hydrogen-bond donors (Lipinski definition) is 1. The predicted octanol–water partition coefficient (Wildman–Crippen LogP) is -0.0532. The van der Waals surface area contributed by atoms with Gasteiger partial charge in [0.25, 0.3) is 0 Å². The topological polar surface area (TPSA) is 93.9 Å². The Morgan fingerprint density at radius 3 is 2.52 bits per heavy atom. The number of aromatic carboxylic acids is 1. The van der Waals surface area contributed by atoms with Crippen LogP contribution in [0.25, 0.3) is 0 Å². The minimum Gasteiger partial charge on any atom is -0.478 e. The Hall–Kier alpha value is -1.93. The van der Waals surface area contributed by atoms with Gasteiger partial charge >= 0.3 is 5.97 Å². The van der Waals surface area contributed by atoms with Crippen LogP contribution in [0.15, 0.2) is 12.4 Å². The molecule has 21 heavy (non-hydrogen) atoms. The van der Waals surface area contributed by atoms with Crippen LogP contribution in [-0.4, -0.2) is 63.8 Å². The fourth-order valence-corrected chi connectivity index (χ4v) is 2.68. The lowest BCUT2D eigenvalue weighted by atomic mass is 10.0. The van der Waals surface area contributed by atoms with Gasteiger partial charge < -0.3 is 19.5 Å². The number of carboxylic acid groups (broad SMARTS) is 1. The molecule has 2 aliphatic rings. The summed E-state index contributed by atoms with van der Waals surface area (Å²) in [6.07, 6.45) is 3.92. The van der Waals surface area contributed by atoms with Crippen molar-refractivity contribution in [3.63, 3.8) is 0 Å². The van der Waals surface area contributed by atoms with Gasteiger partial charge in [0.2, 0.25) is 5.91 Å². The van der Waals surface area contributed by atoms with Crippen LogP contribution >= 0.6 is 0 Å². The van der Waals surface area contributed by atoms with E-state index < -0.39 is 11.8 Å². The van der Waals surface area contributed by atoms with Gasteiger partial charge in [-0.15, -0.1) is 0 Å². The Morgan fingerprint density at radius 1 is 1.29 bits per heavy atom. The fraction of sp³-hybridized carbons (Fsp3) is 0.615. The first-order chi connectivity index (χ1) is 10.1. The minimum absolute atomic E-state index is 0.0436. The molecule has 2 aliphatic heterocycles. The van der Waals surface area contributed by atoms with Gasteiger partial charge in [-0.2, -0.15) is 5.10 Å². The number of likely N-dealkylation sites (tertiary alicyclic amines) is 1. The van der Waals surface area contributed by atoms with Crippen molar-refractivity contribution >= 4 is 11.9 Å². The van der Waals surface area contributed by atoms with Gasteiger partial charge in [-0.25, -0.2) is 4.79 Å². The zero-order valence-electron chi connectivity index (χ0n) is 11.5. The number of ether oxygens (including phenoxy) is 2. The molecule has 2 saturated heterocycles. The van der Waals surface area contributed by atoms with Gasteiger partial charge in [-0.05, 0) is 0 Å². The molecule has 114 valence electrons. The van der Waals surface area contributed by atoms with Crippen LogP contribution in [-0.2, 0) is 20.8 Å². The molecule has 3 rings (SSSR count). The maximum absolute atomic E-state index is 12.2. The fourth-order valence-electron chi connectivity index (χ4n) is 2.68. The van der Waals surface area contributed by atoms with Crippen LogP contribution in [0.1, 0.15) is 23.2 Å². The third kappa shape index (κ3) is 2.91. The number of aromatic nitrogens is 2. The van der Waals surface area contributed by atoms with E-state index >= 15 is 0 Å². The first kappa shape index (κ1) is 14.0. The molecule has 0 aromatic carbocycles. The van der Waals surface area contributed by atoms with E-state index in [0.717, 1.165) is 0 Å². The summed E-state index contributed by atoms with van der Waals surface area (Å²) in [6, 6.07) is 0. The van der Waals surface area contributed by atoms with Crippen molar-refractivity contribution in [3.8, 4) is 0 Å². The van der Waals surface area contributed by atoms with Crippen molar-refractivity contribution in [2.75, 3.05) is 26.3 Å². The molecule has 1 N–H and O–H groups in total. The standard InChI is InChI=1S/C13H17N3O5/c17-11(9-16-8-10(7-14-16)12(18)19)15-3-1-13(2-4-15)20-5-6-21-13/h7-8H,1-6,9H2,(H,18,19). The van der Waals surface area contributed by atoms with Gasteiger partial charge in [-0.1, -0.05) is 0 Å². The Morgan fingerprint density at radius 2 is 1.95 bits per heavy atom.